The summed E-state index contributed by atoms with van der Waals surface area (Å²) in [5.74, 6) is 0.526. The topological polar surface area (TPSA) is 0 Å². The van der Waals surface area contributed by atoms with Crippen molar-refractivity contribution in [1.29, 1.82) is 0 Å². The summed E-state index contributed by atoms with van der Waals surface area (Å²) in [6.07, 6.45) is 4.77. The van der Waals surface area contributed by atoms with E-state index in [1.54, 1.807) is 0 Å². The molecule has 0 radical (unpaired) electrons. The zero-order valence-corrected chi connectivity index (χ0v) is 24.7. The van der Waals surface area contributed by atoms with Crippen molar-refractivity contribution in [2.45, 2.75) is 18.8 Å². The van der Waals surface area contributed by atoms with Crippen molar-refractivity contribution in [3.05, 3.63) is 151 Å². The number of rotatable bonds is 11. The maximum atomic E-state index is 3.01. The summed E-state index contributed by atoms with van der Waals surface area (Å²) in [6, 6.07) is 53.6. The molecule has 0 bridgehead atoms. The molecular formula is C35H35P3. The number of hydrogen-bond donors (Lipinski definition) is 0. The lowest BCUT2D eigenvalue weighted by Crippen LogP contribution is -2.19. The van der Waals surface area contributed by atoms with Crippen LogP contribution in [0.4, 0.5) is 0 Å². The summed E-state index contributed by atoms with van der Waals surface area (Å²) < 4.78 is 0. The highest BCUT2D eigenvalue weighted by atomic mass is 31.1. The minimum absolute atomic E-state index is 0.399. The van der Waals surface area contributed by atoms with Crippen molar-refractivity contribution in [2.75, 3.05) is 12.3 Å². The van der Waals surface area contributed by atoms with Gasteiger partial charge in [0.05, 0.1) is 0 Å². The van der Waals surface area contributed by atoms with E-state index in [1.807, 2.05) is 0 Å². The monoisotopic (exact) mass is 548 g/mol. The molecule has 3 heteroatoms. The third kappa shape index (κ3) is 7.07. The van der Waals surface area contributed by atoms with E-state index in [0.29, 0.717) is 5.92 Å². The average molecular weight is 549 g/mol. The van der Waals surface area contributed by atoms with Gasteiger partial charge in [0.2, 0.25) is 0 Å². The number of hydrogen-bond acceptors (Lipinski definition) is 0. The highest BCUT2D eigenvalue weighted by molar-refractivity contribution is 7.73. The maximum Gasteiger partial charge on any atom is -0.0149 e. The number of benzene rings is 5. The molecule has 0 saturated carbocycles. The van der Waals surface area contributed by atoms with Crippen LogP contribution < -0.4 is 26.5 Å². The molecular weight excluding hydrogens is 513 g/mol. The Hall–Kier alpha value is -2.61. The molecule has 1 atom stereocenters. The predicted octanol–water partition coefficient (Wildman–Crippen LogP) is 7.32. The Morgan fingerprint density at radius 2 is 0.737 bits per heavy atom. The second-order valence-electron chi connectivity index (χ2n) is 9.55. The lowest BCUT2D eigenvalue weighted by atomic mass is 9.94. The average Bonchev–Trinajstić information content (AvgIpc) is 2.99. The van der Waals surface area contributed by atoms with E-state index >= 15 is 0 Å². The van der Waals surface area contributed by atoms with E-state index in [9.17, 15) is 0 Å². The predicted molar refractivity (Wildman–Crippen MR) is 176 cm³/mol. The van der Waals surface area contributed by atoms with E-state index in [1.165, 1.54) is 57.3 Å². The molecule has 0 aliphatic heterocycles. The first-order chi connectivity index (χ1) is 18.8. The summed E-state index contributed by atoms with van der Waals surface area (Å²) in [7, 11) is 2.21. The second-order valence-corrected chi connectivity index (χ2v) is 14.8. The largest absolute Gasteiger partial charge is 0.105 e. The third-order valence-corrected chi connectivity index (χ3v) is 12.7. The Morgan fingerprint density at radius 3 is 1.08 bits per heavy atom. The summed E-state index contributed by atoms with van der Waals surface area (Å²) in [6.45, 7) is 0. The van der Waals surface area contributed by atoms with Crippen LogP contribution in [0.5, 0.6) is 0 Å². The van der Waals surface area contributed by atoms with Gasteiger partial charge in [-0.05, 0) is 79.0 Å². The highest BCUT2D eigenvalue weighted by Gasteiger charge is 2.22. The molecule has 0 aliphatic rings. The van der Waals surface area contributed by atoms with Gasteiger partial charge >= 0.3 is 0 Å². The minimum atomic E-state index is -0.399. The zero-order valence-electron chi connectivity index (χ0n) is 21.7. The molecule has 5 aromatic rings. The lowest BCUT2D eigenvalue weighted by Gasteiger charge is -2.26. The van der Waals surface area contributed by atoms with Gasteiger partial charge in [-0.25, -0.2) is 0 Å². The SMILES string of the molecule is Pc1ccccc1C(CCP(c1ccccc1)c1ccccc1)CCP(c1ccccc1)c1ccccc1. The van der Waals surface area contributed by atoms with Crippen molar-refractivity contribution in [3.63, 3.8) is 0 Å². The highest BCUT2D eigenvalue weighted by Crippen LogP contribution is 2.41. The Morgan fingerprint density at radius 1 is 0.421 bits per heavy atom. The smallest absolute Gasteiger partial charge is 0.0149 e. The Kier molecular flexibility index (Phi) is 9.92. The summed E-state index contributed by atoms with van der Waals surface area (Å²) >= 11 is 0. The van der Waals surface area contributed by atoms with E-state index in [4.69, 9.17) is 0 Å². The fourth-order valence-electron chi connectivity index (χ4n) is 5.15. The first-order valence-corrected chi connectivity index (χ1v) is 17.0. The molecule has 0 spiro atoms. The van der Waals surface area contributed by atoms with E-state index in [2.05, 4.69) is 155 Å². The summed E-state index contributed by atoms with van der Waals surface area (Å²) in [5, 5.41) is 7.24. The van der Waals surface area contributed by atoms with Gasteiger partial charge in [0.25, 0.3) is 0 Å². The van der Waals surface area contributed by atoms with Crippen LogP contribution in [0.25, 0.3) is 0 Å². The van der Waals surface area contributed by atoms with Gasteiger partial charge in [-0.15, -0.1) is 9.24 Å². The van der Waals surface area contributed by atoms with Crippen LogP contribution in [-0.4, -0.2) is 12.3 Å². The molecule has 5 aromatic carbocycles. The molecule has 38 heavy (non-hydrogen) atoms. The van der Waals surface area contributed by atoms with Crippen molar-refractivity contribution < 1.29 is 0 Å². The summed E-state index contributed by atoms with van der Waals surface area (Å²) in [4.78, 5) is 0. The molecule has 0 aromatic heterocycles. The second kappa shape index (κ2) is 14.0. The molecule has 1 unspecified atom stereocenters. The third-order valence-electron chi connectivity index (χ3n) is 7.11. The Bertz CT molecular complexity index is 1210. The molecule has 0 nitrogen and oxygen atoms in total. The summed E-state index contributed by atoms with van der Waals surface area (Å²) in [5.41, 5.74) is 1.49. The molecule has 0 fully saturated rings. The van der Waals surface area contributed by atoms with Crippen LogP contribution in [0.3, 0.4) is 0 Å². The molecule has 190 valence electrons. The fourth-order valence-corrected chi connectivity index (χ4v) is 10.5. The normalized spacial score (nSPS) is 11.4. The Labute approximate surface area is 233 Å². The van der Waals surface area contributed by atoms with E-state index in [0.717, 1.165) is 0 Å². The van der Waals surface area contributed by atoms with Gasteiger partial charge in [0.1, 0.15) is 0 Å². The standard InChI is InChI=1S/C35H35P3/c36-35-24-14-13-23-34(35)29(25-27-37(30-15-5-1-6-16-30)31-17-7-2-8-18-31)26-28-38(32-19-9-3-10-20-32)33-21-11-4-12-22-33/h1-24,29H,25-28,36H2. The Balaban J connectivity index is 1.42. The molecule has 0 amide bonds. The quantitative estimate of drug-likeness (QED) is 0.152. The van der Waals surface area contributed by atoms with Crippen molar-refractivity contribution in [3.8, 4) is 0 Å². The van der Waals surface area contributed by atoms with Crippen molar-refractivity contribution in [1.82, 2.24) is 0 Å². The van der Waals surface area contributed by atoms with Crippen molar-refractivity contribution in [2.24, 2.45) is 0 Å². The first kappa shape index (κ1) is 27.0. The van der Waals surface area contributed by atoms with Gasteiger partial charge in [-0.3, -0.25) is 0 Å². The van der Waals surface area contributed by atoms with Gasteiger partial charge in [0.15, 0.2) is 0 Å². The van der Waals surface area contributed by atoms with Crippen LogP contribution >= 0.6 is 25.1 Å². The van der Waals surface area contributed by atoms with E-state index < -0.39 is 15.8 Å². The maximum absolute atomic E-state index is 3.01. The van der Waals surface area contributed by atoms with Gasteiger partial charge in [0, 0.05) is 0 Å². The molecule has 0 saturated heterocycles. The lowest BCUT2D eigenvalue weighted by molar-refractivity contribution is 0.654. The molecule has 0 heterocycles. The van der Waals surface area contributed by atoms with Gasteiger partial charge in [-0.2, -0.15) is 0 Å². The van der Waals surface area contributed by atoms with Crippen LogP contribution in [0.2, 0.25) is 0 Å². The van der Waals surface area contributed by atoms with Gasteiger partial charge in [-0.1, -0.05) is 146 Å². The van der Waals surface area contributed by atoms with Crippen LogP contribution in [0.1, 0.15) is 24.3 Å². The van der Waals surface area contributed by atoms with E-state index in [-0.39, 0.29) is 0 Å². The van der Waals surface area contributed by atoms with Crippen LogP contribution in [0, 0.1) is 0 Å². The first-order valence-electron chi connectivity index (χ1n) is 13.4. The van der Waals surface area contributed by atoms with Crippen molar-refractivity contribution >= 4 is 51.6 Å². The minimum Gasteiger partial charge on any atom is -0.105 e. The molecule has 5 rings (SSSR count). The van der Waals surface area contributed by atoms with Crippen LogP contribution in [0.15, 0.2) is 146 Å². The fraction of sp³-hybridized carbons (Fsp3) is 0.143. The molecule has 0 aliphatic carbocycles. The van der Waals surface area contributed by atoms with Crippen LogP contribution in [-0.2, 0) is 0 Å². The molecule has 0 N–H and O–H groups in total. The zero-order chi connectivity index (χ0) is 26.0. The van der Waals surface area contributed by atoms with Gasteiger partial charge < -0.3 is 0 Å².